The summed E-state index contributed by atoms with van der Waals surface area (Å²) in [6, 6.07) is 18.8. The number of anilines is 2. The topological polar surface area (TPSA) is 97.6 Å². The lowest BCUT2D eigenvalue weighted by Gasteiger charge is -2.21. The van der Waals surface area contributed by atoms with Gasteiger partial charge in [0, 0.05) is 18.2 Å². The van der Waals surface area contributed by atoms with Crippen LogP contribution < -0.4 is 15.5 Å². The molecule has 1 aliphatic heterocycles. The van der Waals surface area contributed by atoms with E-state index in [2.05, 4.69) is 15.6 Å². The maximum atomic E-state index is 14.7. The number of nitrogens with one attached hydrogen (secondary N) is 2. The number of para-hydroxylation sites is 1. The van der Waals surface area contributed by atoms with Crippen molar-refractivity contribution in [2.45, 2.75) is 6.17 Å². The highest BCUT2D eigenvalue weighted by Crippen LogP contribution is 2.28. The summed E-state index contributed by atoms with van der Waals surface area (Å²) in [5.41, 5.74) is 1.76. The maximum Gasteiger partial charge on any atom is 0.321 e. The van der Waals surface area contributed by atoms with Gasteiger partial charge in [-0.25, -0.2) is 14.2 Å². The Morgan fingerprint density at radius 3 is 2.52 bits per heavy atom. The van der Waals surface area contributed by atoms with Gasteiger partial charge in [0.2, 0.25) is 6.17 Å². The van der Waals surface area contributed by atoms with Gasteiger partial charge in [-0.15, -0.1) is 0 Å². The molecule has 1 aliphatic rings. The van der Waals surface area contributed by atoms with Gasteiger partial charge in [-0.3, -0.25) is 4.79 Å². The quantitative estimate of drug-likeness (QED) is 0.608. The monoisotopic (exact) mass is 461 g/mol. The van der Waals surface area contributed by atoms with Crippen LogP contribution in [0.3, 0.4) is 0 Å². The molecule has 1 atom stereocenters. The summed E-state index contributed by atoms with van der Waals surface area (Å²) in [6.45, 7) is 0. The Balaban J connectivity index is 1.73. The predicted octanol–water partition coefficient (Wildman–Crippen LogP) is 4.31. The SMILES string of the molecule is CN1C(=O)C(NC(=O)Nc2cccc(Cl)c2C#N)N=C(c2ccccc2F)c2ccccc21. The van der Waals surface area contributed by atoms with Gasteiger partial charge in [-0.1, -0.05) is 48.0 Å². The maximum absolute atomic E-state index is 14.7. The fourth-order valence-electron chi connectivity index (χ4n) is 3.51. The van der Waals surface area contributed by atoms with E-state index < -0.39 is 23.9 Å². The van der Waals surface area contributed by atoms with E-state index in [0.717, 1.165) is 0 Å². The number of benzene rings is 3. The number of amides is 3. The van der Waals surface area contributed by atoms with Gasteiger partial charge in [0.05, 0.1) is 27.7 Å². The number of nitriles is 1. The molecule has 33 heavy (non-hydrogen) atoms. The zero-order valence-corrected chi connectivity index (χ0v) is 18.1. The second-order valence-electron chi connectivity index (χ2n) is 7.15. The third-order valence-corrected chi connectivity index (χ3v) is 5.43. The first kappa shape index (κ1) is 22.0. The number of rotatable bonds is 3. The number of halogens is 2. The summed E-state index contributed by atoms with van der Waals surface area (Å²) in [6.07, 6.45) is -1.35. The van der Waals surface area contributed by atoms with Crippen molar-refractivity contribution in [3.05, 3.63) is 94.3 Å². The zero-order valence-electron chi connectivity index (χ0n) is 17.3. The van der Waals surface area contributed by atoms with E-state index in [1.165, 1.54) is 23.1 Å². The van der Waals surface area contributed by atoms with Crippen molar-refractivity contribution in [2.24, 2.45) is 4.99 Å². The fraction of sp³-hybridized carbons (Fsp3) is 0.0833. The number of urea groups is 1. The van der Waals surface area contributed by atoms with E-state index >= 15 is 0 Å². The van der Waals surface area contributed by atoms with Crippen molar-refractivity contribution in [2.75, 3.05) is 17.3 Å². The molecule has 4 rings (SSSR count). The lowest BCUT2D eigenvalue weighted by Crippen LogP contribution is -2.47. The summed E-state index contributed by atoms with van der Waals surface area (Å²) in [5, 5.41) is 14.5. The first-order chi connectivity index (χ1) is 15.9. The van der Waals surface area contributed by atoms with Crippen LogP contribution in [0.25, 0.3) is 0 Å². The highest BCUT2D eigenvalue weighted by atomic mass is 35.5. The summed E-state index contributed by atoms with van der Waals surface area (Å²) in [4.78, 5) is 31.7. The number of carbonyl (C=O) groups excluding carboxylic acids is 2. The molecule has 2 N–H and O–H groups in total. The van der Waals surface area contributed by atoms with Crippen molar-refractivity contribution in [1.29, 1.82) is 5.26 Å². The van der Waals surface area contributed by atoms with Crippen LogP contribution in [0, 0.1) is 17.1 Å². The lowest BCUT2D eigenvalue weighted by molar-refractivity contribution is -0.119. The Labute approximate surface area is 194 Å². The van der Waals surface area contributed by atoms with E-state index in [0.29, 0.717) is 11.3 Å². The first-order valence-corrected chi connectivity index (χ1v) is 10.2. The normalized spacial score (nSPS) is 15.1. The van der Waals surface area contributed by atoms with Gasteiger partial charge in [-0.2, -0.15) is 5.26 Å². The van der Waals surface area contributed by atoms with Crippen molar-refractivity contribution in [3.8, 4) is 6.07 Å². The van der Waals surface area contributed by atoms with Crippen LogP contribution in [0.4, 0.5) is 20.6 Å². The fourth-order valence-corrected chi connectivity index (χ4v) is 3.73. The van der Waals surface area contributed by atoms with Crippen LogP contribution in [-0.4, -0.2) is 30.9 Å². The molecule has 3 aromatic rings. The zero-order chi connectivity index (χ0) is 23.5. The smallest absolute Gasteiger partial charge is 0.311 e. The Kier molecular flexibility index (Phi) is 6.07. The minimum Gasteiger partial charge on any atom is -0.311 e. The average Bonchev–Trinajstić information content (AvgIpc) is 2.90. The molecule has 9 heteroatoms. The van der Waals surface area contributed by atoms with Gasteiger partial charge in [-0.05, 0) is 30.3 Å². The van der Waals surface area contributed by atoms with Crippen LogP contribution in [0.2, 0.25) is 5.02 Å². The second-order valence-corrected chi connectivity index (χ2v) is 7.55. The molecule has 1 unspecified atom stereocenters. The van der Waals surface area contributed by atoms with Crippen molar-refractivity contribution < 1.29 is 14.0 Å². The molecule has 3 amide bonds. The second kappa shape index (κ2) is 9.10. The van der Waals surface area contributed by atoms with Crippen LogP contribution in [-0.2, 0) is 4.79 Å². The third-order valence-electron chi connectivity index (χ3n) is 5.11. The third kappa shape index (κ3) is 4.27. The molecule has 7 nitrogen and oxygen atoms in total. The van der Waals surface area contributed by atoms with E-state index in [1.54, 1.807) is 55.6 Å². The summed E-state index contributed by atoms with van der Waals surface area (Å²) < 4.78 is 14.7. The van der Waals surface area contributed by atoms with E-state index in [9.17, 15) is 19.2 Å². The molecule has 0 saturated heterocycles. The molecule has 0 bridgehead atoms. The number of hydrogen-bond acceptors (Lipinski definition) is 4. The highest BCUT2D eigenvalue weighted by molar-refractivity contribution is 6.32. The molecular formula is C24H17ClFN5O2. The average molecular weight is 462 g/mol. The number of hydrogen-bond donors (Lipinski definition) is 2. The number of carbonyl (C=O) groups is 2. The van der Waals surface area contributed by atoms with Crippen LogP contribution in [0.5, 0.6) is 0 Å². The standard InChI is InChI=1S/C24H17ClFN5O2/c1-31-20-12-5-3-8-15(20)21(14-7-2-4-10-18(14)26)29-22(23(31)32)30-24(33)28-19-11-6-9-17(25)16(19)13-27/h2-12,22H,1H3,(H2,28,30,33). The molecule has 0 aliphatic carbocycles. The van der Waals surface area contributed by atoms with Crippen LogP contribution >= 0.6 is 11.6 Å². The van der Waals surface area contributed by atoms with Crippen LogP contribution in [0.1, 0.15) is 16.7 Å². The molecule has 0 saturated carbocycles. The van der Waals surface area contributed by atoms with E-state index in [1.807, 2.05) is 6.07 Å². The van der Waals surface area contributed by atoms with Crippen molar-refractivity contribution in [1.82, 2.24) is 5.32 Å². The summed E-state index contributed by atoms with van der Waals surface area (Å²) in [7, 11) is 1.55. The summed E-state index contributed by atoms with van der Waals surface area (Å²) in [5.74, 6) is -1.03. The number of aliphatic imine (C=N–C) groups is 1. The lowest BCUT2D eigenvalue weighted by atomic mass is 10.00. The van der Waals surface area contributed by atoms with E-state index in [-0.39, 0.29) is 27.5 Å². The summed E-state index contributed by atoms with van der Waals surface area (Å²) >= 11 is 6.01. The molecule has 1 heterocycles. The minimum absolute atomic E-state index is 0.0848. The number of likely N-dealkylation sites (N-methyl/N-ethyl adjacent to an activating group) is 1. The highest BCUT2D eigenvalue weighted by Gasteiger charge is 2.31. The van der Waals surface area contributed by atoms with Gasteiger partial charge in [0.1, 0.15) is 11.9 Å². The van der Waals surface area contributed by atoms with Gasteiger partial charge in [0.15, 0.2) is 0 Å². The molecule has 164 valence electrons. The Morgan fingerprint density at radius 1 is 1.09 bits per heavy atom. The molecular weight excluding hydrogens is 445 g/mol. The molecule has 0 aromatic heterocycles. The van der Waals surface area contributed by atoms with Gasteiger partial charge >= 0.3 is 6.03 Å². The van der Waals surface area contributed by atoms with Crippen LogP contribution in [0.15, 0.2) is 71.7 Å². The van der Waals surface area contributed by atoms with Gasteiger partial charge in [0.25, 0.3) is 5.91 Å². The number of fused-ring (bicyclic) bond motifs is 1. The largest absolute Gasteiger partial charge is 0.321 e. The van der Waals surface area contributed by atoms with Crippen molar-refractivity contribution >= 4 is 40.6 Å². The predicted molar refractivity (Wildman–Crippen MR) is 124 cm³/mol. The number of benzodiazepines with no additional fused rings is 1. The molecule has 0 fully saturated rings. The minimum atomic E-state index is -1.35. The molecule has 3 aromatic carbocycles. The Hall–Kier alpha value is -4.22. The van der Waals surface area contributed by atoms with Gasteiger partial charge < -0.3 is 15.5 Å². The number of nitrogens with zero attached hydrogens (tertiary/aromatic N) is 3. The van der Waals surface area contributed by atoms with E-state index in [4.69, 9.17) is 11.6 Å². The Bertz CT molecular complexity index is 1330. The molecule has 0 radical (unpaired) electrons. The first-order valence-electron chi connectivity index (χ1n) is 9.86. The molecule has 0 spiro atoms. The Morgan fingerprint density at radius 2 is 1.79 bits per heavy atom. The van der Waals surface area contributed by atoms with Crippen molar-refractivity contribution in [3.63, 3.8) is 0 Å².